The van der Waals surface area contributed by atoms with E-state index in [1.165, 1.54) is 4.88 Å². The Morgan fingerprint density at radius 2 is 2.24 bits per heavy atom. The Bertz CT molecular complexity index is 335. The van der Waals surface area contributed by atoms with E-state index in [2.05, 4.69) is 6.07 Å². The van der Waals surface area contributed by atoms with Gasteiger partial charge in [0.15, 0.2) is 0 Å². The molecule has 1 unspecified atom stereocenters. The van der Waals surface area contributed by atoms with Crippen molar-refractivity contribution in [3.63, 3.8) is 0 Å². The van der Waals surface area contributed by atoms with Crippen LogP contribution in [0.5, 0.6) is 0 Å². The average molecular weight is 254 g/mol. The highest BCUT2D eigenvalue weighted by Crippen LogP contribution is 2.13. The summed E-state index contributed by atoms with van der Waals surface area (Å²) in [5.74, 6) is 0.501. The molecule has 2 N–H and O–H groups in total. The molecule has 0 spiro atoms. The number of hydrogen-bond donors (Lipinski definition) is 1. The SMILES string of the molecule is CCN(Cc1cccs1)C(=O)CC(N)C(C)C. The van der Waals surface area contributed by atoms with Gasteiger partial charge in [0.05, 0.1) is 6.54 Å². The molecule has 17 heavy (non-hydrogen) atoms. The number of carbonyl (C=O) groups is 1. The Morgan fingerprint density at radius 3 is 2.71 bits per heavy atom. The van der Waals surface area contributed by atoms with Crippen LogP contribution < -0.4 is 5.73 Å². The lowest BCUT2D eigenvalue weighted by Crippen LogP contribution is -2.37. The minimum Gasteiger partial charge on any atom is -0.338 e. The Kier molecular flexibility index (Phi) is 5.65. The highest BCUT2D eigenvalue weighted by molar-refractivity contribution is 7.09. The molecule has 0 bridgehead atoms. The Hall–Kier alpha value is -0.870. The molecule has 1 aromatic heterocycles. The maximum Gasteiger partial charge on any atom is 0.224 e. The predicted octanol–water partition coefficient (Wildman–Crippen LogP) is 2.47. The first-order chi connectivity index (χ1) is 8.04. The number of carbonyl (C=O) groups excluding carboxylic acids is 1. The standard InChI is InChI=1S/C13H22N2OS/c1-4-15(9-11-6-5-7-17-11)13(16)8-12(14)10(2)3/h5-7,10,12H,4,8-9,14H2,1-3H3. The Balaban J connectivity index is 2.52. The van der Waals surface area contributed by atoms with Crippen molar-refractivity contribution in [2.24, 2.45) is 11.7 Å². The molecule has 4 heteroatoms. The van der Waals surface area contributed by atoms with Gasteiger partial charge in [-0.05, 0) is 24.3 Å². The molecule has 1 heterocycles. The lowest BCUT2D eigenvalue weighted by atomic mass is 10.0. The second-order valence-corrected chi connectivity index (χ2v) is 5.63. The molecule has 1 aromatic rings. The maximum absolute atomic E-state index is 12.1. The van der Waals surface area contributed by atoms with Crippen molar-refractivity contribution >= 4 is 17.2 Å². The molecule has 0 aliphatic carbocycles. The summed E-state index contributed by atoms with van der Waals surface area (Å²) in [5, 5.41) is 2.04. The molecular weight excluding hydrogens is 232 g/mol. The first-order valence-corrected chi connectivity index (χ1v) is 6.98. The van der Waals surface area contributed by atoms with Crippen molar-refractivity contribution < 1.29 is 4.79 Å². The molecule has 0 aromatic carbocycles. The summed E-state index contributed by atoms with van der Waals surface area (Å²) in [6, 6.07) is 4.03. The minimum atomic E-state index is -0.0418. The van der Waals surface area contributed by atoms with Crippen LogP contribution >= 0.6 is 11.3 Å². The zero-order chi connectivity index (χ0) is 12.8. The lowest BCUT2D eigenvalue weighted by Gasteiger charge is -2.23. The molecule has 0 fully saturated rings. The van der Waals surface area contributed by atoms with Crippen molar-refractivity contribution in [1.29, 1.82) is 0 Å². The number of amides is 1. The predicted molar refractivity (Wildman–Crippen MR) is 72.8 cm³/mol. The molecule has 1 amide bonds. The second kappa shape index (κ2) is 6.77. The van der Waals surface area contributed by atoms with Crippen LogP contribution in [-0.4, -0.2) is 23.4 Å². The fourth-order valence-corrected chi connectivity index (χ4v) is 2.25. The van der Waals surface area contributed by atoms with Gasteiger partial charge in [-0.2, -0.15) is 0 Å². The van der Waals surface area contributed by atoms with Crippen LogP contribution in [0.1, 0.15) is 32.1 Å². The molecule has 0 radical (unpaired) electrons. The number of hydrogen-bond acceptors (Lipinski definition) is 3. The fraction of sp³-hybridized carbons (Fsp3) is 0.615. The summed E-state index contributed by atoms with van der Waals surface area (Å²) in [5.41, 5.74) is 5.94. The number of thiophene rings is 1. The van der Waals surface area contributed by atoms with Crippen LogP contribution in [0.4, 0.5) is 0 Å². The van der Waals surface area contributed by atoms with Gasteiger partial charge < -0.3 is 10.6 Å². The van der Waals surface area contributed by atoms with Gasteiger partial charge >= 0.3 is 0 Å². The highest BCUT2D eigenvalue weighted by atomic mass is 32.1. The van der Waals surface area contributed by atoms with E-state index in [1.807, 2.05) is 37.1 Å². The summed E-state index contributed by atoms with van der Waals surface area (Å²) >= 11 is 1.68. The smallest absolute Gasteiger partial charge is 0.224 e. The van der Waals surface area contributed by atoms with Crippen LogP contribution in [0.25, 0.3) is 0 Å². The molecule has 1 rings (SSSR count). The molecule has 0 aliphatic rings. The van der Waals surface area contributed by atoms with Gasteiger partial charge in [-0.3, -0.25) is 4.79 Å². The van der Waals surface area contributed by atoms with Crippen LogP contribution in [0.2, 0.25) is 0 Å². The van der Waals surface area contributed by atoms with Gasteiger partial charge in [0, 0.05) is 23.9 Å². The van der Waals surface area contributed by atoms with Crippen LogP contribution in [0.3, 0.4) is 0 Å². The van der Waals surface area contributed by atoms with E-state index in [0.717, 1.165) is 6.54 Å². The normalized spacial score (nSPS) is 12.8. The summed E-state index contributed by atoms with van der Waals surface area (Å²) in [7, 11) is 0. The fourth-order valence-electron chi connectivity index (χ4n) is 1.53. The monoisotopic (exact) mass is 254 g/mol. The molecule has 96 valence electrons. The van der Waals surface area contributed by atoms with Gasteiger partial charge in [0.25, 0.3) is 0 Å². The third-order valence-electron chi connectivity index (χ3n) is 2.93. The van der Waals surface area contributed by atoms with E-state index < -0.39 is 0 Å². The van der Waals surface area contributed by atoms with E-state index in [1.54, 1.807) is 11.3 Å². The highest BCUT2D eigenvalue weighted by Gasteiger charge is 2.18. The van der Waals surface area contributed by atoms with E-state index in [9.17, 15) is 4.79 Å². The quantitative estimate of drug-likeness (QED) is 0.847. The summed E-state index contributed by atoms with van der Waals surface area (Å²) in [6.07, 6.45) is 0.441. The van der Waals surface area contributed by atoms with E-state index >= 15 is 0 Å². The number of nitrogens with two attached hydrogens (primary N) is 1. The van der Waals surface area contributed by atoms with Crippen molar-refractivity contribution in [3.05, 3.63) is 22.4 Å². The topological polar surface area (TPSA) is 46.3 Å². The maximum atomic E-state index is 12.1. The zero-order valence-corrected chi connectivity index (χ0v) is 11.7. The molecule has 0 aliphatic heterocycles. The van der Waals surface area contributed by atoms with Crippen LogP contribution in [0.15, 0.2) is 17.5 Å². The van der Waals surface area contributed by atoms with Crippen molar-refractivity contribution in [2.45, 2.75) is 39.8 Å². The first-order valence-electron chi connectivity index (χ1n) is 6.10. The molecule has 0 saturated carbocycles. The largest absolute Gasteiger partial charge is 0.338 e. The van der Waals surface area contributed by atoms with Crippen LogP contribution in [0, 0.1) is 5.92 Å². The average Bonchev–Trinajstić information content (AvgIpc) is 2.78. The zero-order valence-electron chi connectivity index (χ0n) is 10.8. The molecule has 0 saturated heterocycles. The van der Waals surface area contributed by atoms with Crippen molar-refractivity contribution in [1.82, 2.24) is 4.90 Å². The van der Waals surface area contributed by atoms with Crippen molar-refractivity contribution in [2.75, 3.05) is 6.54 Å². The van der Waals surface area contributed by atoms with Crippen molar-refractivity contribution in [3.8, 4) is 0 Å². The third-order valence-corrected chi connectivity index (χ3v) is 3.79. The summed E-state index contributed by atoms with van der Waals surface area (Å²) < 4.78 is 0. The summed E-state index contributed by atoms with van der Waals surface area (Å²) in [6.45, 7) is 7.55. The Morgan fingerprint density at radius 1 is 1.53 bits per heavy atom. The number of rotatable bonds is 6. The van der Waals surface area contributed by atoms with Gasteiger partial charge in [0.2, 0.25) is 5.91 Å². The molecule has 1 atom stereocenters. The van der Waals surface area contributed by atoms with E-state index in [4.69, 9.17) is 5.73 Å². The Labute approximate surface area is 108 Å². The van der Waals surface area contributed by atoms with Gasteiger partial charge in [-0.15, -0.1) is 11.3 Å². The lowest BCUT2D eigenvalue weighted by molar-refractivity contribution is -0.132. The molecule has 3 nitrogen and oxygen atoms in total. The van der Waals surface area contributed by atoms with Crippen LogP contribution in [-0.2, 0) is 11.3 Å². The van der Waals surface area contributed by atoms with E-state index in [0.29, 0.717) is 18.9 Å². The second-order valence-electron chi connectivity index (χ2n) is 4.60. The third kappa shape index (κ3) is 4.48. The van der Waals surface area contributed by atoms with Gasteiger partial charge in [0.1, 0.15) is 0 Å². The van der Waals surface area contributed by atoms with Gasteiger partial charge in [-0.25, -0.2) is 0 Å². The minimum absolute atomic E-state index is 0.0418. The molecular formula is C13H22N2OS. The van der Waals surface area contributed by atoms with E-state index in [-0.39, 0.29) is 11.9 Å². The number of nitrogens with zero attached hydrogens (tertiary/aromatic N) is 1. The summed E-state index contributed by atoms with van der Waals surface area (Å²) in [4.78, 5) is 15.2. The first kappa shape index (κ1) is 14.2. The van der Waals surface area contributed by atoms with Gasteiger partial charge in [-0.1, -0.05) is 19.9 Å².